The van der Waals surface area contributed by atoms with E-state index in [1.54, 1.807) is 0 Å². The fraction of sp³-hybridized carbons (Fsp3) is 1.00. The molecular weight excluding hydrogens is 216 g/mol. The lowest BCUT2D eigenvalue weighted by molar-refractivity contribution is 0.0145. The maximum absolute atomic E-state index is 5.59. The summed E-state index contributed by atoms with van der Waals surface area (Å²) in [6.07, 6.45) is 1.13. The summed E-state index contributed by atoms with van der Waals surface area (Å²) < 4.78 is 11.0. The highest BCUT2D eigenvalue weighted by molar-refractivity contribution is 4.80. The van der Waals surface area contributed by atoms with Crippen LogP contribution in [-0.4, -0.2) is 64.1 Å². The van der Waals surface area contributed by atoms with Crippen molar-refractivity contribution < 1.29 is 9.47 Å². The summed E-state index contributed by atoms with van der Waals surface area (Å²) in [5.41, 5.74) is 0. The second-order valence-corrected chi connectivity index (χ2v) is 4.61. The van der Waals surface area contributed by atoms with Crippen LogP contribution in [-0.2, 0) is 9.47 Å². The van der Waals surface area contributed by atoms with E-state index in [0.717, 1.165) is 52.5 Å². The zero-order chi connectivity index (χ0) is 12.5. The maximum atomic E-state index is 5.59. The number of rotatable bonds is 8. The molecule has 1 aliphatic heterocycles. The van der Waals surface area contributed by atoms with Crippen molar-refractivity contribution in [3.05, 3.63) is 0 Å². The Morgan fingerprint density at radius 2 is 2.24 bits per heavy atom. The largest absolute Gasteiger partial charge is 0.381 e. The van der Waals surface area contributed by atoms with E-state index in [2.05, 4.69) is 24.2 Å². The molecule has 1 aliphatic rings. The van der Waals surface area contributed by atoms with Crippen molar-refractivity contribution in [2.45, 2.75) is 26.3 Å². The van der Waals surface area contributed by atoms with Gasteiger partial charge in [0.15, 0.2) is 0 Å². The van der Waals surface area contributed by atoms with E-state index < -0.39 is 0 Å². The minimum atomic E-state index is 0.602. The zero-order valence-electron chi connectivity index (χ0n) is 11.6. The first-order valence-corrected chi connectivity index (χ1v) is 6.86. The van der Waals surface area contributed by atoms with Crippen molar-refractivity contribution in [1.29, 1.82) is 0 Å². The Kier molecular flexibility index (Phi) is 7.77. The molecule has 0 amide bonds. The fourth-order valence-electron chi connectivity index (χ4n) is 2.40. The average Bonchev–Trinajstić information content (AvgIpc) is 2.38. The van der Waals surface area contributed by atoms with Crippen molar-refractivity contribution in [1.82, 2.24) is 10.2 Å². The van der Waals surface area contributed by atoms with Gasteiger partial charge in [-0.3, -0.25) is 0 Å². The summed E-state index contributed by atoms with van der Waals surface area (Å²) in [4.78, 5) is 2.46. The average molecular weight is 244 g/mol. The monoisotopic (exact) mass is 244 g/mol. The Labute approximate surface area is 106 Å². The number of ether oxygens (including phenoxy) is 2. The third kappa shape index (κ3) is 5.34. The molecule has 2 atom stereocenters. The first-order chi connectivity index (χ1) is 8.31. The van der Waals surface area contributed by atoms with Gasteiger partial charge in [0.25, 0.3) is 0 Å². The van der Waals surface area contributed by atoms with Gasteiger partial charge in [-0.05, 0) is 26.9 Å². The Morgan fingerprint density at radius 1 is 1.41 bits per heavy atom. The molecule has 4 heteroatoms. The molecule has 0 bridgehead atoms. The van der Waals surface area contributed by atoms with E-state index in [4.69, 9.17) is 9.47 Å². The fourth-order valence-corrected chi connectivity index (χ4v) is 2.40. The first kappa shape index (κ1) is 14.9. The van der Waals surface area contributed by atoms with E-state index in [9.17, 15) is 0 Å². The maximum Gasteiger partial charge on any atom is 0.0593 e. The summed E-state index contributed by atoms with van der Waals surface area (Å²) in [6.45, 7) is 10.9. The number of likely N-dealkylation sites (N-methyl/N-ethyl adjacent to an activating group) is 1. The molecule has 4 nitrogen and oxygen atoms in total. The van der Waals surface area contributed by atoms with Gasteiger partial charge >= 0.3 is 0 Å². The van der Waals surface area contributed by atoms with E-state index in [1.807, 2.05) is 6.92 Å². The molecule has 0 aliphatic carbocycles. The Bertz CT molecular complexity index is 190. The van der Waals surface area contributed by atoms with Crippen LogP contribution in [0.1, 0.15) is 20.3 Å². The van der Waals surface area contributed by atoms with Crippen LogP contribution >= 0.6 is 0 Å². The lowest BCUT2D eigenvalue weighted by atomic mass is 9.95. The van der Waals surface area contributed by atoms with Crippen molar-refractivity contribution in [2.24, 2.45) is 5.92 Å². The van der Waals surface area contributed by atoms with Gasteiger partial charge in [-0.1, -0.05) is 6.92 Å². The van der Waals surface area contributed by atoms with Crippen molar-refractivity contribution >= 4 is 0 Å². The summed E-state index contributed by atoms with van der Waals surface area (Å²) in [5.74, 6) is 0.607. The molecule has 0 aromatic heterocycles. The van der Waals surface area contributed by atoms with Crippen molar-refractivity contribution in [3.8, 4) is 0 Å². The summed E-state index contributed by atoms with van der Waals surface area (Å²) in [6, 6.07) is 0.602. The molecular formula is C13H28N2O2. The molecule has 0 spiro atoms. The van der Waals surface area contributed by atoms with Crippen LogP contribution in [0.15, 0.2) is 0 Å². The lowest BCUT2D eigenvalue weighted by Gasteiger charge is -2.35. The standard InChI is InChI=1S/C13H28N2O2/c1-4-15(7-9-16-5-2)10-12-11-17-8-6-13(12)14-3/h12-14H,4-11H2,1-3H3. The molecule has 1 heterocycles. The normalized spacial score (nSPS) is 25.4. The second-order valence-electron chi connectivity index (χ2n) is 4.61. The molecule has 0 aromatic carbocycles. The molecule has 0 saturated carbocycles. The van der Waals surface area contributed by atoms with Gasteiger partial charge in [-0.15, -0.1) is 0 Å². The highest BCUT2D eigenvalue weighted by Crippen LogP contribution is 2.15. The topological polar surface area (TPSA) is 33.7 Å². The molecule has 102 valence electrons. The quantitative estimate of drug-likeness (QED) is 0.645. The van der Waals surface area contributed by atoms with Gasteiger partial charge in [0, 0.05) is 38.3 Å². The van der Waals surface area contributed by atoms with Gasteiger partial charge in [0.2, 0.25) is 0 Å². The summed E-state index contributed by atoms with van der Waals surface area (Å²) in [5, 5.41) is 3.41. The molecule has 1 saturated heterocycles. The molecule has 2 unspecified atom stereocenters. The molecule has 0 aromatic rings. The van der Waals surface area contributed by atoms with Crippen LogP contribution in [0.2, 0.25) is 0 Å². The zero-order valence-corrected chi connectivity index (χ0v) is 11.6. The van der Waals surface area contributed by atoms with Gasteiger partial charge < -0.3 is 19.7 Å². The number of nitrogens with one attached hydrogen (secondary N) is 1. The minimum Gasteiger partial charge on any atom is -0.381 e. The van der Waals surface area contributed by atoms with Crippen LogP contribution in [0.3, 0.4) is 0 Å². The van der Waals surface area contributed by atoms with Crippen LogP contribution < -0.4 is 5.32 Å². The van der Waals surface area contributed by atoms with Crippen LogP contribution in [0.25, 0.3) is 0 Å². The third-order valence-corrected chi connectivity index (χ3v) is 3.54. The molecule has 0 radical (unpaired) electrons. The smallest absolute Gasteiger partial charge is 0.0593 e. The van der Waals surface area contributed by atoms with E-state index in [-0.39, 0.29) is 0 Å². The van der Waals surface area contributed by atoms with E-state index >= 15 is 0 Å². The molecule has 1 fully saturated rings. The predicted octanol–water partition coefficient (Wildman–Crippen LogP) is 0.969. The van der Waals surface area contributed by atoms with E-state index in [1.165, 1.54) is 0 Å². The molecule has 1 rings (SSSR count). The minimum absolute atomic E-state index is 0.602. The summed E-state index contributed by atoms with van der Waals surface area (Å²) >= 11 is 0. The van der Waals surface area contributed by atoms with Gasteiger partial charge in [0.05, 0.1) is 13.2 Å². The predicted molar refractivity (Wildman–Crippen MR) is 70.4 cm³/mol. The van der Waals surface area contributed by atoms with Crippen LogP contribution in [0.4, 0.5) is 0 Å². The third-order valence-electron chi connectivity index (χ3n) is 3.54. The van der Waals surface area contributed by atoms with E-state index in [0.29, 0.717) is 12.0 Å². The highest BCUT2D eigenvalue weighted by Gasteiger charge is 2.25. The molecule has 1 N–H and O–H groups in total. The van der Waals surface area contributed by atoms with Crippen LogP contribution in [0, 0.1) is 5.92 Å². The Morgan fingerprint density at radius 3 is 2.88 bits per heavy atom. The second kappa shape index (κ2) is 8.86. The Hall–Kier alpha value is -0.160. The van der Waals surface area contributed by atoms with Crippen LogP contribution in [0.5, 0.6) is 0 Å². The van der Waals surface area contributed by atoms with Gasteiger partial charge in [0.1, 0.15) is 0 Å². The summed E-state index contributed by atoms with van der Waals surface area (Å²) in [7, 11) is 2.06. The van der Waals surface area contributed by atoms with Crippen molar-refractivity contribution in [3.63, 3.8) is 0 Å². The highest BCUT2D eigenvalue weighted by atomic mass is 16.5. The number of nitrogens with zero attached hydrogens (tertiary/aromatic N) is 1. The molecule has 17 heavy (non-hydrogen) atoms. The van der Waals surface area contributed by atoms with Gasteiger partial charge in [-0.25, -0.2) is 0 Å². The first-order valence-electron chi connectivity index (χ1n) is 6.86. The lowest BCUT2D eigenvalue weighted by Crippen LogP contribution is -2.47. The SMILES string of the molecule is CCOCCN(CC)CC1COCCC1NC. The van der Waals surface area contributed by atoms with Gasteiger partial charge in [-0.2, -0.15) is 0 Å². The Balaban J connectivity index is 2.31. The number of hydrogen-bond acceptors (Lipinski definition) is 4. The van der Waals surface area contributed by atoms with Crippen molar-refractivity contribution in [2.75, 3.05) is 53.1 Å². The number of hydrogen-bond donors (Lipinski definition) is 1.